The van der Waals surface area contributed by atoms with Crippen LogP contribution in [0, 0.1) is 0 Å². The Labute approximate surface area is 140 Å². The molecule has 1 heterocycles. The zero-order valence-corrected chi connectivity index (χ0v) is 13.4. The van der Waals surface area contributed by atoms with Crippen LogP contribution in [0.1, 0.15) is 33.2 Å². The first kappa shape index (κ1) is 15.9. The number of imide groups is 1. The van der Waals surface area contributed by atoms with Crippen LogP contribution in [-0.2, 0) is 11.2 Å². The summed E-state index contributed by atoms with van der Waals surface area (Å²) >= 11 is 0. The molecule has 0 saturated carbocycles. The summed E-state index contributed by atoms with van der Waals surface area (Å²) < 4.78 is 0. The Bertz CT molecular complexity index is 751. The number of nitrogens with zero attached hydrogens (tertiary/aromatic N) is 1. The Morgan fingerprint density at radius 1 is 0.958 bits per heavy atom. The van der Waals surface area contributed by atoms with Gasteiger partial charge in [-0.1, -0.05) is 42.5 Å². The number of benzene rings is 2. The fourth-order valence-corrected chi connectivity index (χ4v) is 2.92. The lowest BCUT2D eigenvalue weighted by atomic mass is 10.0. The van der Waals surface area contributed by atoms with E-state index in [1.807, 2.05) is 30.3 Å². The SMILES string of the molecule is CCNC(=O)C(Cc1ccccc1)N1C(=O)c2ccccc2C1=O. The van der Waals surface area contributed by atoms with Crippen molar-refractivity contribution in [1.82, 2.24) is 10.2 Å². The molecule has 1 unspecified atom stereocenters. The predicted octanol–water partition coefficient (Wildman–Crippen LogP) is 2.03. The van der Waals surface area contributed by atoms with E-state index in [0.717, 1.165) is 10.5 Å². The molecule has 0 aromatic heterocycles. The lowest BCUT2D eigenvalue weighted by Gasteiger charge is -2.25. The minimum atomic E-state index is -0.861. The van der Waals surface area contributed by atoms with E-state index < -0.39 is 17.9 Å². The maximum absolute atomic E-state index is 12.7. The number of likely N-dealkylation sites (N-methyl/N-ethyl adjacent to an activating group) is 1. The molecule has 24 heavy (non-hydrogen) atoms. The summed E-state index contributed by atoms with van der Waals surface area (Å²) in [5.41, 5.74) is 1.60. The molecule has 3 rings (SSSR count). The summed E-state index contributed by atoms with van der Waals surface area (Å²) in [6, 6.07) is 15.2. The molecular formula is C19H18N2O3. The van der Waals surface area contributed by atoms with Crippen LogP contribution in [0.3, 0.4) is 0 Å². The highest BCUT2D eigenvalue weighted by molar-refractivity contribution is 6.22. The lowest BCUT2D eigenvalue weighted by molar-refractivity contribution is -0.124. The van der Waals surface area contributed by atoms with Gasteiger partial charge in [-0.05, 0) is 24.6 Å². The molecule has 5 nitrogen and oxygen atoms in total. The highest BCUT2D eigenvalue weighted by atomic mass is 16.2. The number of carbonyl (C=O) groups excluding carboxylic acids is 3. The minimum absolute atomic E-state index is 0.290. The third-order valence-corrected chi connectivity index (χ3v) is 4.06. The molecule has 1 atom stereocenters. The molecule has 3 amide bonds. The highest BCUT2D eigenvalue weighted by Gasteiger charge is 2.42. The molecule has 0 radical (unpaired) electrons. The summed E-state index contributed by atoms with van der Waals surface area (Å²) in [5, 5.41) is 2.73. The van der Waals surface area contributed by atoms with Crippen LogP contribution < -0.4 is 5.32 Å². The van der Waals surface area contributed by atoms with E-state index in [1.165, 1.54) is 0 Å². The summed E-state index contributed by atoms with van der Waals surface area (Å²) in [6.45, 7) is 2.24. The van der Waals surface area contributed by atoms with Crippen molar-refractivity contribution in [2.45, 2.75) is 19.4 Å². The van der Waals surface area contributed by atoms with Gasteiger partial charge in [-0.3, -0.25) is 19.3 Å². The van der Waals surface area contributed by atoms with Crippen LogP contribution in [0.25, 0.3) is 0 Å². The Balaban J connectivity index is 1.96. The van der Waals surface area contributed by atoms with Gasteiger partial charge in [0.15, 0.2) is 0 Å². The van der Waals surface area contributed by atoms with Crippen LogP contribution in [0.2, 0.25) is 0 Å². The summed E-state index contributed by atoms with van der Waals surface area (Å²) in [5.74, 6) is -1.15. The Morgan fingerprint density at radius 3 is 2.04 bits per heavy atom. The largest absolute Gasteiger partial charge is 0.355 e. The van der Waals surface area contributed by atoms with Gasteiger partial charge in [0.1, 0.15) is 6.04 Å². The van der Waals surface area contributed by atoms with Crippen molar-refractivity contribution in [2.75, 3.05) is 6.54 Å². The van der Waals surface area contributed by atoms with E-state index in [2.05, 4.69) is 5.32 Å². The normalized spacial score (nSPS) is 14.5. The smallest absolute Gasteiger partial charge is 0.262 e. The Morgan fingerprint density at radius 2 is 1.50 bits per heavy atom. The summed E-state index contributed by atoms with van der Waals surface area (Å²) in [4.78, 5) is 39.0. The van der Waals surface area contributed by atoms with Gasteiger partial charge < -0.3 is 5.32 Å². The van der Waals surface area contributed by atoms with Gasteiger partial charge in [-0.25, -0.2) is 0 Å². The second kappa shape index (κ2) is 6.66. The first-order chi connectivity index (χ1) is 11.6. The molecule has 122 valence electrons. The highest BCUT2D eigenvalue weighted by Crippen LogP contribution is 2.26. The van der Waals surface area contributed by atoms with Crippen LogP contribution in [0.5, 0.6) is 0 Å². The van der Waals surface area contributed by atoms with Crippen molar-refractivity contribution < 1.29 is 14.4 Å². The van der Waals surface area contributed by atoms with E-state index in [9.17, 15) is 14.4 Å². The average molecular weight is 322 g/mol. The zero-order valence-electron chi connectivity index (χ0n) is 13.4. The van der Waals surface area contributed by atoms with Crippen LogP contribution in [0.15, 0.2) is 54.6 Å². The van der Waals surface area contributed by atoms with Crippen molar-refractivity contribution in [2.24, 2.45) is 0 Å². The van der Waals surface area contributed by atoms with Crippen LogP contribution in [0.4, 0.5) is 0 Å². The van der Waals surface area contributed by atoms with Gasteiger partial charge in [0.25, 0.3) is 11.8 Å². The maximum Gasteiger partial charge on any atom is 0.262 e. The average Bonchev–Trinajstić information content (AvgIpc) is 2.86. The minimum Gasteiger partial charge on any atom is -0.355 e. The summed E-state index contributed by atoms with van der Waals surface area (Å²) in [7, 11) is 0. The number of nitrogens with one attached hydrogen (secondary N) is 1. The first-order valence-electron chi connectivity index (χ1n) is 7.92. The maximum atomic E-state index is 12.7. The number of amides is 3. The summed E-state index contributed by atoms with van der Waals surface area (Å²) in [6.07, 6.45) is 0.290. The molecule has 1 aliphatic heterocycles. The standard InChI is InChI=1S/C19H18N2O3/c1-2-20-17(22)16(12-13-8-4-3-5-9-13)21-18(23)14-10-6-7-11-15(14)19(21)24/h3-11,16H,2,12H2,1H3,(H,20,22). The molecule has 2 aromatic rings. The van der Waals surface area contributed by atoms with E-state index in [0.29, 0.717) is 17.7 Å². The van der Waals surface area contributed by atoms with Crippen LogP contribution in [-0.4, -0.2) is 35.2 Å². The molecule has 1 aliphatic rings. The van der Waals surface area contributed by atoms with E-state index in [-0.39, 0.29) is 12.3 Å². The topological polar surface area (TPSA) is 66.5 Å². The molecular weight excluding hydrogens is 304 g/mol. The van der Waals surface area contributed by atoms with Gasteiger partial charge in [-0.2, -0.15) is 0 Å². The Kier molecular flexibility index (Phi) is 4.42. The van der Waals surface area contributed by atoms with Gasteiger partial charge >= 0.3 is 0 Å². The number of carbonyl (C=O) groups is 3. The van der Waals surface area contributed by atoms with Crippen molar-refractivity contribution in [3.8, 4) is 0 Å². The second-order valence-corrected chi connectivity index (χ2v) is 5.63. The molecule has 0 fully saturated rings. The van der Waals surface area contributed by atoms with Gasteiger partial charge in [0.05, 0.1) is 11.1 Å². The molecule has 2 aromatic carbocycles. The zero-order chi connectivity index (χ0) is 17.1. The van der Waals surface area contributed by atoms with Crippen molar-refractivity contribution in [1.29, 1.82) is 0 Å². The first-order valence-corrected chi connectivity index (χ1v) is 7.92. The van der Waals surface area contributed by atoms with E-state index in [4.69, 9.17) is 0 Å². The molecule has 5 heteroatoms. The van der Waals surface area contributed by atoms with Crippen LogP contribution >= 0.6 is 0 Å². The van der Waals surface area contributed by atoms with Gasteiger partial charge in [-0.15, -0.1) is 0 Å². The third-order valence-electron chi connectivity index (χ3n) is 4.06. The molecule has 0 aliphatic carbocycles. The second-order valence-electron chi connectivity index (χ2n) is 5.63. The van der Waals surface area contributed by atoms with E-state index >= 15 is 0 Å². The fraction of sp³-hybridized carbons (Fsp3) is 0.211. The van der Waals surface area contributed by atoms with Gasteiger partial charge in [0, 0.05) is 13.0 Å². The van der Waals surface area contributed by atoms with Crippen molar-refractivity contribution in [3.63, 3.8) is 0 Å². The number of fused-ring (bicyclic) bond motifs is 1. The number of rotatable bonds is 5. The number of hydrogen-bond donors (Lipinski definition) is 1. The fourth-order valence-electron chi connectivity index (χ4n) is 2.92. The third kappa shape index (κ3) is 2.80. The van der Waals surface area contributed by atoms with Crippen molar-refractivity contribution in [3.05, 3.63) is 71.3 Å². The quantitative estimate of drug-likeness (QED) is 0.857. The van der Waals surface area contributed by atoms with Crippen molar-refractivity contribution >= 4 is 17.7 Å². The Hall–Kier alpha value is -2.95. The molecule has 0 spiro atoms. The lowest BCUT2D eigenvalue weighted by Crippen LogP contribution is -2.50. The number of hydrogen-bond acceptors (Lipinski definition) is 3. The van der Waals surface area contributed by atoms with Gasteiger partial charge in [0.2, 0.25) is 5.91 Å². The van der Waals surface area contributed by atoms with E-state index in [1.54, 1.807) is 31.2 Å². The molecule has 1 N–H and O–H groups in total. The predicted molar refractivity (Wildman–Crippen MR) is 89.6 cm³/mol. The molecule has 0 bridgehead atoms. The molecule has 0 saturated heterocycles. The monoisotopic (exact) mass is 322 g/mol.